The predicted molar refractivity (Wildman–Crippen MR) is 52.9 cm³/mol. The lowest BCUT2D eigenvalue weighted by molar-refractivity contribution is -0.0708. The highest BCUT2D eigenvalue weighted by Gasteiger charge is 2.39. The van der Waals surface area contributed by atoms with Gasteiger partial charge in [0.05, 0.1) is 6.04 Å². The van der Waals surface area contributed by atoms with Crippen molar-refractivity contribution in [2.75, 3.05) is 0 Å². The SMILES string of the molecule is CC(C)[C@@H]1NC(=O)O[C@@H](C(C)C)[C@@H]1O. The summed E-state index contributed by atoms with van der Waals surface area (Å²) in [6, 6.07) is -0.205. The Morgan fingerprint density at radius 2 is 1.86 bits per heavy atom. The third-order valence-electron chi connectivity index (χ3n) is 2.61. The van der Waals surface area contributed by atoms with Crippen molar-refractivity contribution in [1.29, 1.82) is 0 Å². The quantitative estimate of drug-likeness (QED) is 0.704. The minimum Gasteiger partial charge on any atom is -0.443 e. The maximum absolute atomic E-state index is 11.2. The highest BCUT2D eigenvalue weighted by atomic mass is 16.6. The average molecular weight is 201 g/mol. The first-order chi connectivity index (χ1) is 6.43. The normalized spacial score (nSPS) is 33.1. The number of aliphatic hydroxyl groups is 1. The number of hydrogen-bond donors (Lipinski definition) is 2. The van der Waals surface area contributed by atoms with E-state index in [2.05, 4.69) is 5.32 Å². The van der Waals surface area contributed by atoms with Crippen LogP contribution in [-0.2, 0) is 4.74 Å². The molecule has 1 aliphatic heterocycles. The van der Waals surface area contributed by atoms with E-state index in [9.17, 15) is 9.90 Å². The molecule has 0 aliphatic carbocycles. The molecular weight excluding hydrogens is 182 g/mol. The monoisotopic (exact) mass is 201 g/mol. The van der Waals surface area contributed by atoms with Crippen LogP contribution in [-0.4, -0.2) is 29.4 Å². The van der Waals surface area contributed by atoms with Gasteiger partial charge in [0.1, 0.15) is 12.2 Å². The minimum atomic E-state index is -0.618. The van der Waals surface area contributed by atoms with E-state index in [0.29, 0.717) is 0 Å². The van der Waals surface area contributed by atoms with Crippen LogP contribution < -0.4 is 5.32 Å². The molecule has 4 heteroatoms. The van der Waals surface area contributed by atoms with Crippen LogP contribution in [0.3, 0.4) is 0 Å². The van der Waals surface area contributed by atoms with Crippen LogP contribution in [0.5, 0.6) is 0 Å². The Morgan fingerprint density at radius 1 is 1.29 bits per heavy atom. The summed E-state index contributed by atoms with van der Waals surface area (Å²) in [5.41, 5.74) is 0. The van der Waals surface area contributed by atoms with E-state index < -0.39 is 18.3 Å². The van der Waals surface area contributed by atoms with Gasteiger partial charge >= 0.3 is 6.09 Å². The number of cyclic esters (lactones) is 1. The summed E-state index contributed by atoms with van der Waals surface area (Å²) in [5.74, 6) is 0.344. The molecule has 0 aromatic carbocycles. The van der Waals surface area contributed by atoms with Crippen molar-refractivity contribution in [2.45, 2.75) is 45.9 Å². The zero-order chi connectivity index (χ0) is 10.9. The Balaban J connectivity index is 2.75. The average Bonchev–Trinajstić information content (AvgIpc) is 2.07. The molecule has 4 nitrogen and oxygen atoms in total. The summed E-state index contributed by atoms with van der Waals surface area (Å²) in [6.07, 6.45) is -1.43. The van der Waals surface area contributed by atoms with Gasteiger partial charge in [-0.05, 0) is 11.8 Å². The van der Waals surface area contributed by atoms with Crippen molar-refractivity contribution in [3.8, 4) is 0 Å². The fourth-order valence-corrected chi connectivity index (χ4v) is 1.74. The molecule has 0 unspecified atom stereocenters. The molecule has 0 aromatic rings. The highest BCUT2D eigenvalue weighted by Crippen LogP contribution is 2.22. The minimum absolute atomic E-state index is 0.136. The summed E-state index contributed by atoms with van der Waals surface area (Å²) >= 11 is 0. The summed E-state index contributed by atoms with van der Waals surface area (Å²) in [5, 5.41) is 12.6. The van der Waals surface area contributed by atoms with Crippen LogP contribution in [0.2, 0.25) is 0 Å². The van der Waals surface area contributed by atoms with Crippen LogP contribution in [0, 0.1) is 11.8 Å². The van der Waals surface area contributed by atoms with E-state index in [0.717, 1.165) is 0 Å². The Bertz CT molecular complexity index is 195. The number of carbonyl (C=O) groups excluding carboxylic acids is 1. The second-order valence-electron chi connectivity index (χ2n) is 4.52. The number of aliphatic hydroxyl groups excluding tert-OH is 1. The fourth-order valence-electron chi connectivity index (χ4n) is 1.74. The maximum Gasteiger partial charge on any atom is 0.407 e. The summed E-state index contributed by atoms with van der Waals surface area (Å²) in [7, 11) is 0. The number of carbonyl (C=O) groups is 1. The molecule has 1 heterocycles. The van der Waals surface area contributed by atoms with Gasteiger partial charge in [-0.25, -0.2) is 4.79 Å². The molecule has 0 aromatic heterocycles. The van der Waals surface area contributed by atoms with Gasteiger partial charge in [-0.2, -0.15) is 0 Å². The third kappa shape index (κ3) is 2.18. The molecule has 0 radical (unpaired) electrons. The van der Waals surface area contributed by atoms with E-state index in [1.54, 1.807) is 0 Å². The number of ether oxygens (including phenoxy) is 1. The van der Waals surface area contributed by atoms with Gasteiger partial charge in [-0.1, -0.05) is 27.7 Å². The van der Waals surface area contributed by atoms with Crippen molar-refractivity contribution in [3.05, 3.63) is 0 Å². The molecule has 3 atom stereocenters. The smallest absolute Gasteiger partial charge is 0.407 e. The van der Waals surface area contributed by atoms with Gasteiger partial charge < -0.3 is 15.2 Å². The third-order valence-corrected chi connectivity index (χ3v) is 2.61. The summed E-state index contributed by atoms with van der Waals surface area (Å²) in [4.78, 5) is 11.2. The lowest BCUT2D eigenvalue weighted by Gasteiger charge is -2.38. The molecule has 1 rings (SSSR count). The Hall–Kier alpha value is -0.770. The van der Waals surface area contributed by atoms with Gasteiger partial charge in [-0.15, -0.1) is 0 Å². The van der Waals surface area contributed by atoms with E-state index >= 15 is 0 Å². The lowest BCUT2D eigenvalue weighted by atomic mass is 9.89. The Labute approximate surface area is 84.6 Å². The van der Waals surface area contributed by atoms with Crippen LogP contribution in [0.4, 0.5) is 4.79 Å². The molecule has 1 saturated heterocycles. The first-order valence-corrected chi connectivity index (χ1v) is 5.08. The number of rotatable bonds is 2. The van der Waals surface area contributed by atoms with Crippen molar-refractivity contribution in [2.24, 2.45) is 11.8 Å². The number of amides is 1. The van der Waals surface area contributed by atoms with Crippen LogP contribution >= 0.6 is 0 Å². The molecule has 2 N–H and O–H groups in total. The van der Waals surface area contributed by atoms with Gasteiger partial charge in [0, 0.05) is 0 Å². The van der Waals surface area contributed by atoms with Crippen molar-refractivity contribution >= 4 is 6.09 Å². The number of alkyl carbamates (subject to hydrolysis) is 1. The van der Waals surface area contributed by atoms with Gasteiger partial charge in [0.15, 0.2) is 0 Å². The van der Waals surface area contributed by atoms with Gasteiger partial charge in [-0.3, -0.25) is 0 Å². The van der Waals surface area contributed by atoms with Gasteiger partial charge in [0.25, 0.3) is 0 Å². The molecule has 82 valence electrons. The molecule has 0 bridgehead atoms. The zero-order valence-corrected chi connectivity index (χ0v) is 9.15. The van der Waals surface area contributed by atoms with Gasteiger partial charge in [0.2, 0.25) is 0 Å². The van der Waals surface area contributed by atoms with Crippen LogP contribution in [0.15, 0.2) is 0 Å². The fraction of sp³-hybridized carbons (Fsp3) is 0.900. The molecule has 1 amide bonds. The van der Waals surface area contributed by atoms with Crippen LogP contribution in [0.25, 0.3) is 0 Å². The van der Waals surface area contributed by atoms with Crippen molar-refractivity contribution in [3.63, 3.8) is 0 Å². The van der Waals surface area contributed by atoms with E-state index in [-0.39, 0.29) is 17.9 Å². The molecular formula is C10H19NO3. The number of hydrogen-bond acceptors (Lipinski definition) is 3. The topological polar surface area (TPSA) is 58.6 Å². The van der Waals surface area contributed by atoms with Crippen molar-refractivity contribution < 1.29 is 14.6 Å². The second kappa shape index (κ2) is 4.17. The first kappa shape index (κ1) is 11.3. The van der Waals surface area contributed by atoms with E-state index in [1.807, 2.05) is 27.7 Å². The maximum atomic E-state index is 11.2. The predicted octanol–water partition coefficient (Wildman–Crippen LogP) is 1.14. The first-order valence-electron chi connectivity index (χ1n) is 5.08. The number of nitrogens with one attached hydrogen (secondary N) is 1. The zero-order valence-electron chi connectivity index (χ0n) is 9.15. The van der Waals surface area contributed by atoms with Crippen molar-refractivity contribution in [1.82, 2.24) is 5.32 Å². The molecule has 0 saturated carbocycles. The Kier molecular flexibility index (Phi) is 3.37. The standard InChI is InChI=1S/C10H19NO3/c1-5(2)7-8(12)9(6(3)4)14-10(13)11-7/h5-9,12H,1-4H3,(H,11,13)/t7-,8+,9-/m0/s1. The Morgan fingerprint density at radius 3 is 2.29 bits per heavy atom. The van der Waals surface area contributed by atoms with E-state index in [1.165, 1.54) is 0 Å². The largest absolute Gasteiger partial charge is 0.443 e. The molecule has 1 aliphatic rings. The van der Waals surface area contributed by atoms with Crippen LogP contribution in [0.1, 0.15) is 27.7 Å². The lowest BCUT2D eigenvalue weighted by Crippen LogP contribution is -2.59. The summed E-state index contributed by atoms with van der Waals surface area (Å²) in [6.45, 7) is 7.81. The molecule has 0 spiro atoms. The van der Waals surface area contributed by atoms with E-state index in [4.69, 9.17) is 4.74 Å². The molecule has 14 heavy (non-hydrogen) atoms. The second-order valence-corrected chi connectivity index (χ2v) is 4.52. The summed E-state index contributed by atoms with van der Waals surface area (Å²) < 4.78 is 5.04. The highest BCUT2D eigenvalue weighted by molar-refractivity contribution is 5.69. The molecule has 1 fully saturated rings.